The van der Waals surface area contributed by atoms with E-state index >= 15 is 0 Å². The molecule has 2 nitrogen and oxygen atoms in total. The van der Waals surface area contributed by atoms with Gasteiger partial charge in [0.05, 0.1) is 0 Å². The van der Waals surface area contributed by atoms with Gasteiger partial charge in [-0.15, -0.1) is 0 Å². The smallest absolute Gasteiger partial charge is 0.105 e. The fourth-order valence-corrected chi connectivity index (χ4v) is 4.65. The van der Waals surface area contributed by atoms with Crippen molar-refractivity contribution < 1.29 is 0 Å². The maximum Gasteiger partial charge on any atom is 0.105 e. The van der Waals surface area contributed by atoms with Crippen molar-refractivity contribution in [1.82, 2.24) is 4.90 Å². The van der Waals surface area contributed by atoms with Gasteiger partial charge in [-0.1, -0.05) is 122 Å². The SMILES string of the molecule is CCCCCCCCCCCCCCCCN1C=CN(c2ccccc2)C1CCC. The van der Waals surface area contributed by atoms with E-state index in [-0.39, 0.29) is 0 Å². The minimum Gasteiger partial charge on any atom is -0.356 e. The first-order valence-corrected chi connectivity index (χ1v) is 13.1. The number of nitrogens with zero attached hydrogens (tertiary/aromatic N) is 2. The Kier molecular flexibility index (Phi) is 13.5. The molecule has 1 aromatic rings. The lowest BCUT2D eigenvalue weighted by Gasteiger charge is -2.32. The van der Waals surface area contributed by atoms with Gasteiger partial charge in [-0.2, -0.15) is 0 Å². The normalized spacial score (nSPS) is 16.0. The summed E-state index contributed by atoms with van der Waals surface area (Å²) in [5, 5.41) is 0. The molecule has 1 aliphatic heterocycles. The monoisotopic (exact) mass is 412 g/mol. The van der Waals surface area contributed by atoms with Crippen molar-refractivity contribution in [2.45, 2.75) is 123 Å². The Bertz CT molecular complexity index is 539. The second-order valence-corrected chi connectivity index (χ2v) is 9.14. The number of unbranched alkanes of at least 4 members (excludes halogenated alkanes) is 13. The van der Waals surface area contributed by atoms with Crippen LogP contribution in [0, 0.1) is 0 Å². The number of anilines is 1. The predicted octanol–water partition coefficient (Wildman–Crippen LogP) is 8.89. The van der Waals surface area contributed by atoms with E-state index in [0.717, 1.165) is 0 Å². The van der Waals surface area contributed by atoms with E-state index in [2.05, 4.69) is 66.4 Å². The van der Waals surface area contributed by atoms with Crippen LogP contribution in [-0.4, -0.2) is 17.6 Å². The molecule has 0 saturated carbocycles. The Labute approximate surface area is 187 Å². The predicted molar refractivity (Wildman–Crippen MR) is 134 cm³/mol. The molecule has 1 aromatic carbocycles. The van der Waals surface area contributed by atoms with E-state index in [1.165, 1.54) is 115 Å². The fourth-order valence-electron chi connectivity index (χ4n) is 4.65. The number of hydrogen-bond acceptors (Lipinski definition) is 2. The molecular weight excluding hydrogens is 364 g/mol. The van der Waals surface area contributed by atoms with Crippen molar-refractivity contribution in [1.29, 1.82) is 0 Å². The van der Waals surface area contributed by atoms with Crippen LogP contribution in [0.2, 0.25) is 0 Å². The summed E-state index contributed by atoms with van der Waals surface area (Å²) in [7, 11) is 0. The van der Waals surface area contributed by atoms with Gasteiger partial charge in [0.1, 0.15) is 6.17 Å². The zero-order valence-electron chi connectivity index (χ0n) is 20.0. The molecule has 1 atom stereocenters. The van der Waals surface area contributed by atoms with E-state index in [0.29, 0.717) is 6.17 Å². The quantitative estimate of drug-likeness (QED) is 0.222. The number of hydrogen-bond donors (Lipinski definition) is 0. The van der Waals surface area contributed by atoms with E-state index in [4.69, 9.17) is 0 Å². The van der Waals surface area contributed by atoms with Crippen LogP contribution in [0.3, 0.4) is 0 Å². The second-order valence-electron chi connectivity index (χ2n) is 9.14. The molecule has 170 valence electrons. The second kappa shape index (κ2) is 16.3. The average molecular weight is 413 g/mol. The topological polar surface area (TPSA) is 6.48 Å². The molecule has 2 rings (SSSR count). The zero-order valence-corrected chi connectivity index (χ0v) is 20.0. The van der Waals surface area contributed by atoms with Crippen LogP contribution in [0.5, 0.6) is 0 Å². The lowest BCUT2D eigenvalue weighted by molar-refractivity contribution is 0.277. The highest BCUT2D eigenvalue weighted by Crippen LogP contribution is 2.27. The Morgan fingerprint density at radius 2 is 1.13 bits per heavy atom. The van der Waals surface area contributed by atoms with Gasteiger partial charge in [-0.05, 0) is 25.0 Å². The number of benzene rings is 1. The van der Waals surface area contributed by atoms with Gasteiger partial charge in [0.2, 0.25) is 0 Å². The first-order chi connectivity index (χ1) is 14.9. The van der Waals surface area contributed by atoms with Crippen LogP contribution >= 0.6 is 0 Å². The largest absolute Gasteiger partial charge is 0.356 e. The summed E-state index contributed by atoms with van der Waals surface area (Å²) in [6.07, 6.45) is 27.5. The van der Waals surface area contributed by atoms with Crippen molar-refractivity contribution in [2.24, 2.45) is 0 Å². The van der Waals surface area contributed by atoms with E-state index < -0.39 is 0 Å². The molecule has 30 heavy (non-hydrogen) atoms. The lowest BCUT2D eigenvalue weighted by Crippen LogP contribution is -2.39. The third-order valence-electron chi connectivity index (χ3n) is 6.49. The summed E-state index contributed by atoms with van der Waals surface area (Å²) in [6, 6.07) is 10.8. The van der Waals surface area contributed by atoms with Crippen molar-refractivity contribution >= 4 is 5.69 Å². The summed E-state index contributed by atoms with van der Waals surface area (Å²) < 4.78 is 0. The maximum atomic E-state index is 2.57. The number of para-hydroxylation sites is 1. The lowest BCUT2D eigenvalue weighted by atomic mass is 10.0. The van der Waals surface area contributed by atoms with Gasteiger partial charge in [0.15, 0.2) is 0 Å². The zero-order chi connectivity index (χ0) is 21.3. The Hall–Kier alpha value is -1.44. The molecule has 0 N–H and O–H groups in total. The molecule has 0 aromatic heterocycles. The summed E-state index contributed by atoms with van der Waals surface area (Å²) in [4.78, 5) is 5.02. The molecule has 1 heterocycles. The molecule has 0 bridgehead atoms. The van der Waals surface area contributed by atoms with Gasteiger partial charge in [-0.3, -0.25) is 0 Å². The molecule has 2 heteroatoms. The molecule has 1 aliphatic rings. The minimum atomic E-state index is 0.499. The standard InChI is InChI=1S/C28H48N2/c1-3-5-6-7-8-9-10-11-12-13-14-15-16-20-24-29-25-26-30(28(29)21-4-2)27-22-18-17-19-23-27/h17-19,22-23,25-26,28H,3-16,20-21,24H2,1-2H3. The highest BCUT2D eigenvalue weighted by molar-refractivity contribution is 5.51. The molecule has 0 saturated heterocycles. The van der Waals surface area contributed by atoms with Gasteiger partial charge in [-0.25, -0.2) is 0 Å². The maximum absolute atomic E-state index is 2.57. The van der Waals surface area contributed by atoms with Crippen molar-refractivity contribution in [3.05, 3.63) is 42.7 Å². The first kappa shape index (κ1) is 24.8. The molecule has 1 unspecified atom stereocenters. The Morgan fingerprint density at radius 3 is 1.67 bits per heavy atom. The van der Waals surface area contributed by atoms with Crippen molar-refractivity contribution in [3.8, 4) is 0 Å². The van der Waals surface area contributed by atoms with E-state index in [1.807, 2.05) is 0 Å². The Balaban J connectivity index is 1.48. The van der Waals surface area contributed by atoms with Crippen LogP contribution in [0.1, 0.15) is 117 Å². The molecule has 0 fully saturated rings. The van der Waals surface area contributed by atoms with Gasteiger partial charge >= 0.3 is 0 Å². The molecule has 0 radical (unpaired) electrons. The Morgan fingerprint density at radius 1 is 0.600 bits per heavy atom. The number of rotatable bonds is 18. The van der Waals surface area contributed by atoms with Crippen LogP contribution in [0.25, 0.3) is 0 Å². The summed E-state index contributed by atoms with van der Waals surface area (Å²) in [6.45, 7) is 5.79. The van der Waals surface area contributed by atoms with Crippen LogP contribution in [0.15, 0.2) is 42.7 Å². The summed E-state index contributed by atoms with van der Waals surface area (Å²) in [5.41, 5.74) is 1.32. The van der Waals surface area contributed by atoms with Gasteiger partial charge < -0.3 is 9.80 Å². The van der Waals surface area contributed by atoms with E-state index in [9.17, 15) is 0 Å². The van der Waals surface area contributed by atoms with Crippen molar-refractivity contribution in [3.63, 3.8) is 0 Å². The van der Waals surface area contributed by atoms with Gasteiger partial charge in [0, 0.05) is 24.6 Å². The summed E-state index contributed by atoms with van der Waals surface area (Å²) in [5.74, 6) is 0. The average Bonchev–Trinajstić information content (AvgIpc) is 3.17. The molecule has 0 aliphatic carbocycles. The molecule has 0 amide bonds. The van der Waals surface area contributed by atoms with Crippen molar-refractivity contribution in [2.75, 3.05) is 11.4 Å². The van der Waals surface area contributed by atoms with Crippen LogP contribution < -0.4 is 4.90 Å². The van der Waals surface area contributed by atoms with Gasteiger partial charge in [0.25, 0.3) is 0 Å². The minimum absolute atomic E-state index is 0.499. The van der Waals surface area contributed by atoms with Crippen LogP contribution in [-0.2, 0) is 0 Å². The van der Waals surface area contributed by atoms with E-state index in [1.54, 1.807) is 0 Å². The third-order valence-corrected chi connectivity index (χ3v) is 6.49. The first-order valence-electron chi connectivity index (χ1n) is 13.1. The fraction of sp³-hybridized carbons (Fsp3) is 0.714. The van der Waals surface area contributed by atoms with Crippen LogP contribution in [0.4, 0.5) is 5.69 Å². The highest BCUT2D eigenvalue weighted by atomic mass is 15.4. The third kappa shape index (κ3) is 9.58. The molecular formula is C28H48N2. The highest BCUT2D eigenvalue weighted by Gasteiger charge is 2.25. The molecule has 0 spiro atoms. The summed E-state index contributed by atoms with van der Waals surface area (Å²) >= 11 is 0.